The van der Waals surface area contributed by atoms with Crippen molar-refractivity contribution < 1.29 is 4.79 Å². The van der Waals surface area contributed by atoms with E-state index in [2.05, 4.69) is 38.2 Å². The van der Waals surface area contributed by atoms with Gasteiger partial charge in [0.05, 0.1) is 11.1 Å². The summed E-state index contributed by atoms with van der Waals surface area (Å²) in [7, 11) is 0. The third kappa shape index (κ3) is 3.03. The minimum absolute atomic E-state index is 0.0299. The molecule has 6 nitrogen and oxygen atoms in total. The van der Waals surface area contributed by atoms with Crippen LogP contribution in [0.25, 0.3) is 10.9 Å². The molecule has 0 aliphatic carbocycles. The number of para-hydroxylation sites is 1. The molecule has 0 saturated carbocycles. The van der Waals surface area contributed by atoms with Crippen LogP contribution in [-0.2, 0) is 0 Å². The van der Waals surface area contributed by atoms with Crippen molar-refractivity contribution in [1.29, 1.82) is 0 Å². The van der Waals surface area contributed by atoms with Gasteiger partial charge in [0.25, 0.3) is 5.91 Å². The number of anilines is 1. The van der Waals surface area contributed by atoms with Crippen LogP contribution in [0, 0.1) is 13.8 Å². The number of benzene rings is 1. The van der Waals surface area contributed by atoms with Crippen LogP contribution < -0.4 is 10.2 Å². The Hall–Kier alpha value is -2.89. The number of hydrogen-bond acceptors (Lipinski definition) is 4. The lowest BCUT2D eigenvalue weighted by Crippen LogP contribution is -2.48. The molecule has 3 aromatic rings. The lowest BCUT2D eigenvalue weighted by atomic mass is 10.0. The third-order valence-corrected chi connectivity index (χ3v) is 5.18. The summed E-state index contributed by atoms with van der Waals surface area (Å²) < 4.78 is 0. The Balaban J connectivity index is 1.52. The number of aromatic amines is 1. The van der Waals surface area contributed by atoms with Crippen molar-refractivity contribution in [3.8, 4) is 0 Å². The summed E-state index contributed by atoms with van der Waals surface area (Å²) in [6.45, 7) is 5.76. The zero-order valence-corrected chi connectivity index (χ0v) is 15.1. The molecule has 2 N–H and O–H groups in total. The molecule has 0 bridgehead atoms. The van der Waals surface area contributed by atoms with E-state index in [1.165, 1.54) is 5.56 Å². The van der Waals surface area contributed by atoms with Gasteiger partial charge < -0.3 is 15.2 Å². The Labute approximate surface area is 152 Å². The molecule has 134 valence electrons. The van der Waals surface area contributed by atoms with E-state index < -0.39 is 0 Å². The number of fused-ring (bicyclic) bond motifs is 1. The number of carbonyl (C=O) groups is 1. The number of H-pyrrole nitrogens is 1. The maximum Gasteiger partial charge on any atom is 0.253 e. The van der Waals surface area contributed by atoms with Crippen molar-refractivity contribution in [2.75, 3.05) is 18.0 Å². The number of nitrogens with one attached hydrogen (secondary N) is 2. The normalized spacial score (nSPS) is 17.5. The van der Waals surface area contributed by atoms with E-state index in [9.17, 15) is 4.79 Å². The van der Waals surface area contributed by atoms with E-state index in [0.29, 0.717) is 5.56 Å². The van der Waals surface area contributed by atoms with Crippen LogP contribution in [0.2, 0.25) is 0 Å². The first-order valence-corrected chi connectivity index (χ1v) is 9.04. The van der Waals surface area contributed by atoms with Gasteiger partial charge in [-0.25, -0.2) is 9.97 Å². The first-order chi connectivity index (χ1) is 12.6. The number of aromatic nitrogens is 3. The summed E-state index contributed by atoms with van der Waals surface area (Å²) in [6, 6.07) is 7.79. The molecular weight excluding hydrogens is 326 g/mol. The maximum absolute atomic E-state index is 12.9. The number of hydrogen-bond donors (Lipinski definition) is 2. The van der Waals surface area contributed by atoms with Gasteiger partial charge in [0.15, 0.2) is 0 Å². The first-order valence-electron chi connectivity index (χ1n) is 9.04. The number of piperidine rings is 1. The summed E-state index contributed by atoms with van der Waals surface area (Å²) in [6.07, 6.45) is 5.48. The van der Waals surface area contributed by atoms with Gasteiger partial charge in [-0.1, -0.05) is 12.1 Å². The summed E-state index contributed by atoms with van der Waals surface area (Å²) in [4.78, 5) is 27.1. The second-order valence-electron chi connectivity index (χ2n) is 6.91. The Kier molecular flexibility index (Phi) is 4.32. The molecule has 0 spiro atoms. The lowest BCUT2D eigenvalue weighted by Gasteiger charge is -2.33. The Morgan fingerprint density at radius 3 is 2.85 bits per heavy atom. The highest BCUT2D eigenvalue weighted by Gasteiger charge is 2.24. The zero-order chi connectivity index (χ0) is 18.1. The molecule has 1 aliphatic rings. The molecule has 1 aromatic carbocycles. The monoisotopic (exact) mass is 349 g/mol. The summed E-state index contributed by atoms with van der Waals surface area (Å²) in [5.41, 5.74) is 3.91. The molecule has 6 heteroatoms. The minimum Gasteiger partial charge on any atom is -0.358 e. The van der Waals surface area contributed by atoms with Gasteiger partial charge in [0.1, 0.15) is 0 Å². The van der Waals surface area contributed by atoms with Crippen LogP contribution in [0.1, 0.15) is 34.5 Å². The molecule has 2 aromatic heterocycles. The van der Waals surface area contributed by atoms with Crippen LogP contribution in [0.3, 0.4) is 0 Å². The van der Waals surface area contributed by atoms with Crippen LogP contribution in [0.5, 0.6) is 0 Å². The Morgan fingerprint density at radius 1 is 1.23 bits per heavy atom. The van der Waals surface area contributed by atoms with Crippen molar-refractivity contribution in [3.05, 3.63) is 53.5 Å². The van der Waals surface area contributed by atoms with Gasteiger partial charge in [-0.3, -0.25) is 4.79 Å². The standard InChI is InChI=1S/C20H23N5O/c1-13-14(2)23-18-16(13)7-3-8-17(18)19(26)24-15-6-4-11-25(12-15)20-21-9-5-10-22-20/h3,5,7-10,15,23H,4,6,11-12H2,1-2H3,(H,24,26)/t15-/m1/s1. The minimum atomic E-state index is -0.0299. The molecule has 1 amide bonds. The number of rotatable bonds is 3. The summed E-state index contributed by atoms with van der Waals surface area (Å²) in [5.74, 6) is 0.696. The highest BCUT2D eigenvalue weighted by atomic mass is 16.1. The average Bonchev–Trinajstić information content (AvgIpc) is 2.97. The molecule has 1 saturated heterocycles. The lowest BCUT2D eigenvalue weighted by molar-refractivity contribution is 0.0934. The van der Waals surface area contributed by atoms with Gasteiger partial charge in [0, 0.05) is 42.6 Å². The van der Waals surface area contributed by atoms with Gasteiger partial charge in [0.2, 0.25) is 5.95 Å². The molecule has 0 unspecified atom stereocenters. The number of aryl methyl sites for hydroxylation is 2. The fourth-order valence-corrected chi connectivity index (χ4v) is 3.67. The van der Waals surface area contributed by atoms with Gasteiger partial charge >= 0.3 is 0 Å². The Bertz CT molecular complexity index is 934. The SMILES string of the molecule is Cc1[nH]c2c(C(=O)N[C@@H]3CCCN(c4ncccn4)C3)cccc2c1C. The van der Waals surface area contributed by atoms with E-state index in [0.717, 1.165) is 48.5 Å². The molecule has 3 heterocycles. The summed E-state index contributed by atoms with van der Waals surface area (Å²) >= 11 is 0. The van der Waals surface area contributed by atoms with Crippen LogP contribution in [0.15, 0.2) is 36.7 Å². The van der Waals surface area contributed by atoms with E-state index >= 15 is 0 Å². The smallest absolute Gasteiger partial charge is 0.253 e. The largest absolute Gasteiger partial charge is 0.358 e. The Morgan fingerprint density at radius 2 is 2.04 bits per heavy atom. The number of amides is 1. The predicted octanol–water partition coefficient (Wildman–Crippen LogP) is 2.97. The molecular formula is C20H23N5O. The van der Waals surface area contributed by atoms with E-state index in [4.69, 9.17) is 0 Å². The second-order valence-corrected chi connectivity index (χ2v) is 6.91. The van der Waals surface area contributed by atoms with Crippen LogP contribution in [-0.4, -0.2) is 40.0 Å². The molecule has 4 rings (SSSR count). The van der Waals surface area contributed by atoms with Crippen molar-refractivity contribution in [2.45, 2.75) is 32.7 Å². The zero-order valence-electron chi connectivity index (χ0n) is 15.1. The van der Waals surface area contributed by atoms with Crippen LogP contribution in [0.4, 0.5) is 5.95 Å². The summed E-state index contributed by atoms with van der Waals surface area (Å²) in [5, 5.41) is 4.31. The topological polar surface area (TPSA) is 73.9 Å². The van der Waals surface area contributed by atoms with Crippen molar-refractivity contribution in [2.24, 2.45) is 0 Å². The van der Waals surface area contributed by atoms with Crippen molar-refractivity contribution in [3.63, 3.8) is 0 Å². The fourth-order valence-electron chi connectivity index (χ4n) is 3.67. The number of nitrogens with zero attached hydrogens (tertiary/aromatic N) is 3. The quantitative estimate of drug-likeness (QED) is 0.762. The highest BCUT2D eigenvalue weighted by Crippen LogP contribution is 2.24. The van der Waals surface area contributed by atoms with E-state index in [-0.39, 0.29) is 11.9 Å². The molecule has 1 aliphatic heterocycles. The fraction of sp³-hybridized carbons (Fsp3) is 0.350. The second kappa shape index (κ2) is 6.78. The maximum atomic E-state index is 12.9. The molecule has 1 fully saturated rings. The molecule has 26 heavy (non-hydrogen) atoms. The van der Waals surface area contributed by atoms with E-state index in [1.54, 1.807) is 12.4 Å². The van der Waals surface area contributed by atoms with E-state index in [1.807, 2.05) is 25.1 Å². The van der Waals surface area contributed by atoms with Crippen molar-refractivity contribution >= 4 is 22.8 Å². The number of carbonyl (C=O) groups excluding carboxylic acids is 1. The average molecular weight is 349 g/mol. The van der Waals surface area contributed by atoms with Crippen LogP contribution >= 0.6 is 0 Å². The third-order valence-electron chi connectivity index (χ3n) is 5.18. The first kappa shape index (κ1) is 16.6. The van der Waals surface area contributed by atoms with Gasteiger partial charge in [-0.15, -0.1) is 0 Å². The van der Waals surface area contributed by atoms with Crippen molar-refractivity contribution in [1.82, 2.24) is 20.3 Å². The van der Waals surface area contributed by atoms with Gasteiger partial charge in [-0.2, -0.15) is 0 Å². The van der Waals surface area contributed by atoms with Gasteiger partial charge in [-0.05, 0) is 44.4 Å². The molecule has 0 radical (unpaired) electrons. The highest BCUT2D eigenvalue weighted by molar-refractivity contribution is 6.06. The predicted molar refractivity (Wildman–Crippen MR) is 103 cm³/mol. The molecule has 1 atom stereocenters.